The molecule has 0 saturated heterocycles. The lowest BCUT2D eigenvalue weighted by molar-refractivity contribution is 0.00636. The Balaban J connectivity index is 2.96. The van der Waals surface area contributed by atoms with Crippen LogP contribution in [0.5, 0.6) is 0 Å². The molecule has 0 radical (unpaired) electrons. The predicted octanol–water partition coefficient (Wildman–Crippen LogP) is 1.35. The van der Waals surface area contributed by atoms with Gasteiger partial charge in [-0.25, -0.2) is 17.9 Å². The number of aromatic carboxylic acids is 1. The van der Waals surface area contributed by atoms with E-state index in [0.29, 0.717) is 5.56 Å². The summed E-state index contributed by atoms with van der Waals surface area (Å²) in [4.78, 5) is 10.9. The van der Waals surface area contributed by atoms with Gasteiger partial charge in [0.25, 0.3) is 0 Å². The summed E-state index contributed by atoms with van der Waals surface area (Å²) in [6.45, 7) is 6.19. The van der Waals surface area contributed by atoms with Gasteiger partial charge in [-0.1, -0.05) is 12.1 Å². The third kappa shape index (κ3) is 4.80. The summed E-state index contributed by atoms with van der Waals surface area (Å²) < 4.78 is 26.8. The van der Waals surface area contributed by atoms with Crippen molar-refractivity contribution in [1.82, 2.24) is 4.72 Å². The molecule has 0 fully saturated rings. The second-order valence-electron chi connectivity index (χ2n) is 6.05. The van der Waals surface area contributed by atoms with Crippen LogP contribution >= 0.6 is 0 Å². The van der Waals surface area contributed by atoms with E-state index >= 15 is 0 Å². The highest BCUT2D eigenvalue weighted by Gasteiger charge is 2.38. The van der Waals surface area contributed by atoms with Crippen molar-refractivity contribution in [1.29, 1.82) is 0 Å². The van der Waals surface area contributed by atoms with Crippen molar-refractivity contribution in [3.63, 3.8) is 0 Å². The fraction of sp³-hybridized carbons (Fsp3) is 0.500. The molecule has 0 bridgehead atoms. The van der Waals surface area contributed by atoms with E-state index in [4.69, 9.17) is 5.11 Å². The van der Waals surface area contributed by atoms with Gasteiger partial charge in [-0.15, -0.1) is 0 Å². The number of rotatable bonds is 6. The molecule has 0 unspecified atom stereocenters. The van der Waals surface area contributed by atoms with Crippen molar-refractivity contribution in [2.24, 2.45) is 0 Å². The van der Waals surface area contributed by atoms with Crippen molar-refractivity contribution in [3.05, 3.63) is 35.4 Å². The molecule has 0 spiro atoms. The number of benzene rings is 1. The molecule has 0 aliphatic rings. The minimum Gasteiger partial charge on any atom is -0.478 e. The number of carboxylic acid groups (broad SMARTS) is 1. The Bertz CT molecular complexity index is 629. The monoisotopic (exact) mass is 315 g/mol. The topological polar surface area (TPSA) is 104 Å². The summed E-state index contributed by atoms with van der Waals surface area (Å²) in [7, 11) is -3.72. The van der Waals surface area contributed by atoms with E-state index in [1.807, 2.05) is 0 Å². The highest BCUT2D eigenvalue weighted by molar-refractivity contribution is 7.88. The lowest BCUT2D eigenvalue weighted by atomic mass is 9.87. The van der Waals surface area contributed by atoms with E-state index < -0.39 is 27.1 Å². The average Bonchev–Trinajstić information content (AvgIpc) is 2.25. The summed E-state index contributed by atoms with van der Waals surface area (Å²) in [5.41, 5.74) is -1.91. The number of aliphatic hydroxyl groups is 1. The zero-order valence-electron chi connectivity index (χ0n) is 12.5. The van der Waals surface area contributed by atoms with Gasteiger partial charge in [0.1, 0.15) is 0 Å². The Labute approximate surface area is 124 Å². The molecule has 0 amide bonds. The smallest absolute Gasteiger partial charge is 0.335 e. The van der Waals surface area contributed by atoms with Gasteiger partial charge in [-0.2, -0.15) is 0 Å². The molecule has 0 aromatic heterocycles. The average molecular weight is 315 g/mol. The fourth-order valence-corrected chi connectivity index (χ4v) is 3.28. The van der Waals surface area contributed by atoms with Gasteiger partial charge in [0.2, 0.25) is 10.0 Å². The Hall–Kier alpha value is -1.44. The number of hydrogen-bond acceptors (Lipinski definition) is 4. The minimum atomic E-state index is -3.72. The highest BCUT2D eigenvalue weighted by Crippen LogP contribution is 2.22. The molecule has 3 N–H and O–H groups in total. The van der Waals surface area contributed by atoms with Gasteiger partial charge in [-0.3, -0.25) is 0 Å². The van der Waals surface area contributed by atoms with Crippen molar-refractivity contribution in [2.75, 3.05) is 0 Å². The normalized spacial score (nSPS) is 13.2. The first-order chi connectivity index (χ1) is 9.34. The van der Waals surface area contributed by atoms with Crippen LogP contribution < -0.4 is 4.72 Å². The lowest BCUT2D eigenvalue weighted by Crippen LogP contribution is -2.57. The van der Waals surface area contributed by atoms with Crippen LogP contribution in [-0.4, -0.2) is 35.7 Å². The fourth-order valence-electron chi connectivity index (χ4n) is 1.56. The molecular weight excluding hydrogens is 294 g/mol. The van der Waals surface area contributed by atoms with Crippen LogP contribution in [0.25, 0.3) is 0 Å². The Morgan fingerprint density at radius 1 is 1.24 bits per heavy atom. The molecule has 1 aromatic carbocycles. The first kappa shape index (κ1) is 17.6. The van der Waals surface area contributed by atoms with E-state index in [-0.39, 0.29) is 11.3 Å². The molecule has 0 aliphatic heterocycles. The highest BCUT2D eigenvalue weighted by atomic mass is 32.2. The molecule has 1 rings (SSSR count). The first-order valence-corrected chi connectivity index (χ1v) is 8.05. The number of sulfonamides is 1. The first-order valence-electron chi connectivity index (χ1n) is 6.40. The molecule has 21 heavy (non-hydrogen) atoms. The van der Waals surface area contributed by atoms with Gasteiger partial charge in [0, 0.05) is 0 Å². The largest absolute Gasteiger partial charge is 0.478 e. The molecule has 6 nitrogen and oxygen atoms in total. The van der Waals surface area contributed by atoms with E-state index in [1.54, 1.807) is 19.9 Å². The zero-order chi connectivity index (χ0) is 16.5. The van der Waals surface area contributed by atoms with Crippen LogP contribution in [0.2, 0.25) is 0 Å². The van der Waals surface area contributed by atoms with Crippen molar-refractivity contribution in [3.8, 4) is 0 Å². The second-order valence-corrected chi connectivity index (χ2v) is 7.77. The van der Waals surface area contributed by atoms with E-state index in [1.165, 1.54) is 32.0 Å². The SMILES string of the molecule is CC(C)(O)C(C)(C)NS(=O)(=O)Cc1cccc(C(=O)O)c1. The van der Waals surface area contributed by atoms with Gasteiger partial charge >= 0.3 is 5.97 Å². The maximum absolute atomic E-state index is 12.2. The number of carbonyl (C=O) groups is 1. The molecule has 1 aromatic rings. The molecule has 0 heterocycles. The van der Waals surface area contributed by atoms with Crippen LogP contribution in [0.4, 0.5) is 0 Å². The number of carboxylic acids is 1. The molecular formula is C14H21NO5S. The maximum atomic E-state index is 12.2. The van der Waals surface area contributed by atoms with Crippen LogP contribution in [0, 0.1) is 0 Å². The van der Waals surface area contributed by atoms with Gasteiger partial charge in [0.05, 0.1) is 22.5 Å². The van der Waals surface area contributed by atoms with Crippen molar-refractivity contribution in [2.45, 2.75) is 44.6 Å². The quantitative estimate of drug-likeness (QED) is 0.735. The third-order valence-corrected chi connectivity index (χ3v) is 5.01. The number of hydrogen-bond donors (Lipinski definition) is 3. The lowest BCUT2D eigenvalue weighted by Gasteiger charge is -2.37. The molecule has 0 atom stereocenters. The molecule has 0 aliphatic carbocycles. The van der Waals surface area contributed by atoms with Crippen molar-refractivity contribution < 1.29 is 23.4 Å². The Morgan fingerprint density at radius 3 is 2.29 bits per heavy atom. The van der Waals surface area contributed by atoms with Gasteiger partial charge < -0.3 is 10.2 Å². The molecule has 7 heteroatoms. The second kappa shape index (κ2) is 5.75. The van der Waals surface area contributed by atoms with Crippen LogP contribution in [0.1, 0.15) is 43.6 Å². The number of nitrogens with one attached hydrogen (secondary N) is 1. The minimum absolute atomic E-state index is 0.0319. The van der Waals surface area contributed by atoms with Gasteiger partial charge in [-0.05, 0) is 45.4 Å². The van der Waals surface area contributed by atoms with Crippen LogP contribution in [0.15, 0.2) is 24.3 Å². The Morgan fingerprint density at radius 2 is 1.81 bits per heavy atom. The van der Waals surface area contributed by atoms with Crippen LogP contribution in [0.3, 0.4) is 0 Å². The van der Waals surface area contributed by atoms with E-state index in [2.05, 4.69) is 4.72 Å². The summed E-state index contributed by atoms with van der Waals surface area (Å²) in [5.74, 6) is -1.47. The standard InChI is InChI=1S/C14H21NO5S/c1-13(2,14(3,4)18)15-21(19,20)9-10-6-5-7-11(8-10)12(16)17/h5-8,15,18H,9H2,1-4H3,(H,16,17). The Kier molecular flexibility index (Phi) is 4.82. The summed E-state index contributed by atoms with van der Waals surface area (Å²) in [5, 5.41) is 18.9. The van der Waals surface area contributed by atoms with Crippen molar-refractivity contribution >= 4 is 16.0 Å². The third-order valence-electron chi connectivity index (χ3n) is 3.47. The zero-order valence-corrected chi connectivity index (χ0v) is 13.4. The van der Waals surface area contributed by atoms with E-state index in [9.17, 15) is 18.3 Å². The summed E-state index contributed by atoms with van der Waals surface area (Å²) in [6, 6.07) is 5.75. The van der Waals surface area contributed by atoms with E-state index in [0.717, 1.165) is 0 Å². The van der Waals surface area contributed by atoms with Gasteiger partial charge in [0.15, 0.2) is 0 Å². The maximum Gasteiger partial charge on any atom is 0.335 e. The predicted molar refractivity (Wildman–Crippen MR) is 79.5 cm³/mol. The summed E-state index contributed by atoms with van der Waals surface area (Å²) in [6.07, 6.45) is 0. The molecule has 0 saturated carbocycles. The molecule has 118 valence electrons. The van der Waals surface area contributed by atoms with Crippen LogP contribution in [-0.2, 0) is 15.8 Å². The summed E-state index contributed by atoms with van der Waals surface area (Å²) >= 11 is 0.